The molecule has 0 aliphatic heterocycles. The lowest BCUT2D eigenvalue weighted by atomic mass is 10.3. The van der Waals surface area contributed by atoms with Crippen molar-refractivity contribution in [1.82, 2.24) is 4.98 Å². The van der Waals surface area contributed by atoms with Gasteiger partial charge in [0.15, 0.2) is 12.7 Å². The van der Waals surface area contributed by atoms with Crippen molar-refractivity contribution >= 4 is 80.9 Å². The van der Waals surface area contributed by atoms with Gasteiger partial charge in [0.25, 0.3) is 0 Å². The molecule has 1 aromatic carbocycles. The first-order chi connectivity index (χ1) is 11.1. The summed E-state index contributed by atoms with van der Waals surface area (Å²) < 4.78 is 8.26. The number of rotatable bonds is 11. The third-order valence-electron chi connectivity index (χ3n) is 3.02. The van der Waals surface area contributed by atoms with Crippen molar-refractivity contribution in [2.24, 2.45) is 0 Å². The number of hydrogen-bond acceptors (Lipinski definition) is 8. The number of aromatic nitrogens is 1. The summed E-state index contributed by atoms with van der Waals surface area (Å²) >= 11 is 1.77. The van der Waals surface area contributed by atoms with Gasteiger partial charge in [-0.15, -0.1) is 11.3 Å². The number of fused-ring (bicyclic) bond motifs is 1. The van der Waals surface area contributed by atoms with Crippen LogP contribution in [0.1, 0.15) is 13.3 Å². The normalized spacial score (nSPS) is 12.1. The van der Waals surface area contributed by atoms with E-state index in [4.69, 9.17) is 4.43 Å². The molecule has 0 radical (unpaired) electrons. The molecule has 0 saturated carbocycles. The highest BCUT2D eigenvalue weighted by Gasteiger charge is 2.20. The maximum absolute atomic E-state index is 5.85. The van der Waals surface area contributed by atoms with Crippen LogP contribution in [0.2, 0.25) is 19.1 Å². The van der Waals surface area contributed by atoms with E-state index < -0.39 is 8.32 Å². The van der Waals surface area contributed by atoms with Crippen LogP contribution in [0.5, 0.6) is 0 Å². The summed E-state index contributed by atoms with van der Waals surface area (Å²) in [5.41, 5.74) is 1.11. The zero-order chi connectivity index (χ0) is 16.5. The number of para-hydroxylation sites is 1. The second kappa shape index (κ2) is 10.9. The number of benzene rings is 1. The fraction of sp³-hybridized carbons (Fsp3) is 0.500. The van der Waals surface area contributed by atoms with Crippen LogP contribution in [0.4, 0.5) is 0 Å². The molecule has 0 unspecified atom stereocenters. The zero-order valence-electron chi connectivity index (χ0n) is 13.4. The minimum absolute atomic E-state index is 0.858. The van der Waals surface area contributed by atoms with Crippen LogP contribution in [0.15, 0.2) is 28.6 Å². The molecular formula is C14H21NOS6Si. The molecule has 2 aromatic rings. The van der Waals surface area contributed by atoms with Crippen LogP contribution in [-0.4, -0.2) is 25.7 Å². The molecule has 23 heavy (non-hydrogen) atoms. The van der Waals surface area contributed by atoms with E-state index in [2.05, 4.69) is 43.2 Å². The molecule has 1 aromatic heterocycles. The Balaban J connectivity index is 1.52. The van der Waals surface area contributed by atoms with Crippen molar-refractivity contribution in [3.8, 4) is 0 Å². The predicted octanol–water partition coefficient (Wildman–Crippen LogP) is 7.61. The van der Waals surface area contributed by atoms with Gasteiger partial charge in [-0.25, -0.2) is 4.98 Å². The highest BCUT2D eigenvalue weighted by Crippen LogP contribution is 2.52. The van der Waals surface area contributed by atoms with Gasteiger partial charge in [-0.1, -0.05) is 22.9 Å². The van der Waals surface area contributed by atoms with Crippen molar-refractivity contribution in [3.05, 3.63) is 24.3 Å². The third-order valence-corrected chi connectivity index (χ3v) is 15.5. The van der Waals surface area contributed by atoms with E-state index in [-0.39, 0.29) is 0 Å². The van der Waals surface area contributed by atoms with Gasteiger partial charge in [-0.2, -0.15) is 0 Å². The lowest BCUT2D eigenvalue weighted by molar-refractivity contribution is 0.328. The van der Waals surface area contributed by atoms with Gasteiger partial charge in [0.2, 0.25) is 0 Å². The summed E-state index contributed by atoms with van der Waals surface area (Å²) in [6, 6.07) is 9.57. The average molecular weight is 440 g/mol. The third kappa shape index (κ3) is 7.85. The molecule has 2 rings (SSSR count). The van der Waals surface area contributed by atoms with Crippen LogP contribution < -0.4 is 0 Å². The van der Waals surface area contributed by atoms with Gasteiger partial charge in [0.1, 0.15) is 0 Å². The van der Waals surface area contributed by atoms with Gasteiger partial charge < -0.3 is 4.43 Å². The standard InChI is InChI=1S/C14H21NOS6Si/c1-4-16-23(2,3)11-7-10-17-20-22-21-19-14-15-12-8-5-6-9-13(12)18-14/h5-6,8-9H,4,7,10-11H2,1-3H3. The molecule has 2 nitrogen and oxygen atoms in total. The molecule has 0 saturated heterocycles. The first kappa shape index (κ1) is 20.4. The first-order valence-corrected chi connectivity index (χ1v) is 17.6. The minimum atomic E-state index is -1.38. The Labute approximate surface area is 162 Å². The molecule has 128 valence electrons. The van der Waals surface area contributed by atoms with Gasteiger partial charge in [-0.3, -0.25) is 0 Å². The summed E-state index contributed by atoms with van der Waals surface area (Å²) in [6.07, 6.45) is 1.26. The Kier molecular flexibility index (Phi) is 9.64. The number of hydrogen-bond donors (Lipinski definition) is 0. The molecule has 1 heterocycles. The lowest BCUT2D eigenvalue weighted by Crippen LogP contribution is -2.30. The van der Waals surface area contributed by atoms with Crippen LogP contribution in [0, 0.1) is 0 Å². The molecule has 0 spiro atoms. The first-order valence-electron chi connectivity index (χ1n) is 7.40. The Morgan fingerprint density at radius 3 is 2.78 bits per heavy atom. The van der Waals surface area contributed by atoms with Crippen molar-refractivity contribution in [2.45, 2.75) is 36.8 Å². The topological polar surface area (TPSA) is 22.1 Å². The van der Waals surface area contributed by atoms with Crippen molar-refractivity contribution in [1.29, 1.82) is 0 Å². The molecule has 0 aliphatic rings. The second-order valence-corrected chi connectivity index (χ2v) is 18.7. The van der Waals surface area contributed by atoms with E-state index in [1.54, 1.807) is 32.0 Å². The van der Waals surface area contributed by atoms with Crippen LogP contribution in [-0.2, 0) is 4.43 Å². The van der Waals surface area contributed by atoms with Crippen LogP contribution in [0.3, 0.4) is 0 Å². The largest absolute Gasteiger partial charge is 0.418 e. The Morgan fingerprint density at radius 2 is 2.00 bits per heavy atom. The fourth-order valence-electron chi connectivity index (χ4n) is 2.01. The molecule has 0 aliphatic carbocycles. The van der Waals surface area contributed by atoms with Crippen molar-refractivity contribution in [2.75, 3.05) is 12.4 Å². The monoisotopic (exact) mass is 439 g/mol. The second-order valence-electron chi connectivity index (χ2n) is 5.35. The Morgan fingerprint density at radius 1 is 1.17 bits per heavy atom. The molecular weight excluding hydrogens is 419 g/mol. The minimum Gasteiger partial charge on any atom is -0.418 e. The van der Waals surface area contributed by atoms with Crippen LogP contribution >= 0.6 is 62.4 Å². The molecule has 0 atom stereocenters. The summed E-state index contributed by atoms with van der Waals surface area (Å²) in [5.74, 6) is 1.20. The SMILES string of the molecule is CCO[Si](C)(C)CCCSSSSSc1nc2ccccc2s1. The highest BCUT2D eigenvalue weighted by atomic mass is 33.8. The summed E-state index contributed by atoms with van der Waals surface area (Å²) in [7, 11) is 7.83. The Hall–Kier alpha value is 1.04. The predicted molar refractivity (Wildman–Crippen MR) is 119 cm³/mol. The quantitative estimate of drug-likeness (QED) is 0.201. The highest BCUT2D eigenvalue weighted by molar-refractivity contribution is 9.35. The van der Waals surface area contributed by atoms with Crippen LogP contribution in [0.25, 0.3) is 10.2 Å². The maximum atomic E-state index is 5.85. The molecule has 0 amide bonds. The van der Waals surface area contributed by atoms with E-state index in [0.717, 1.165) is 16.5 Å². The van der Waals surface area contributed by atoms with E-state index in [1.165, 1.54) is 22.9 Å². The van der Waals surface area contributed by atoms with E-state index in [0.29, 0.717) is 0 Å². The Bertz CT molecular complexity index is 560. The molecule has 0 fully saturated rings. The maximum Gasteiger partial charge on any atom is 0.186 e. The molecule has 9 heteroatoms. The van der Waals surface area contributed by atoms with Gasteiger partial charge in [0.05, 0.1) is 10.2 Å². The van der Waals surface area contributed by atoms with Gasteiger partial charge in [0, 0.05) is 12.4 Å². The zero-order valence-corrected chi connectivity index (χ0v) is 19.3. The van der Waals surface area contributed by atoms with Gasteiger partial charge in [-0.05, 0) is 84.9 Å². The van der Waals surface area contributed by atoms with E-state index in [9.17, 15) is 0 Å². The fourth-order valence-corrected chi connectivity index (χ4v) is 14.3. The van der Waals surface area contributed by atoms with Gasteiger partial charge >= 0.3 is 0 Å². The van der Waals surface area contributed by atoms with Crippen molar-refractivity contribution in [3.63, 3.8) is 0 Å². The van der Waals surface area contributed by atoms with Crippen molar-refractivity contribution < 1.29 is 4.43 Å². The summed E-state index contributed by atoms with van der Waals surface area (Å²) in [5, 5.41) is 0. The summed E-state index contributed by atoms with van der Waals surface area (Å²) in [4.78, 5) is 4.63. The average Bonchev–Trinajstić information content (AvgIpc) is 2.92. The number of thiazole rings is 1. The number of nitrogens with zero attached hydrogens (tertiary/aromatic N) is 1. The molecule has 0 bridgehead atoms. The van der Waals surface area contributed by atoms with E-state index >= 15 is 0 Å². The summed E-state index contributed by atoms with van der Waals surface area (Å²) in [6.45, 7) is 7.58. The van der Waals surface area contributed by atoms with E-state index in [1.807, 2.05) is 36.5 Å². The lowest BCUT2D eigenvalue weighted by Gasteiger charge is -2.21. The smallest absolute Gasteiger partial charge is 0.186 e. The molecule has 0 N–H and O–H groups in total.